The third kappa shape index (κ3) is 4.36. The highest BCUT2D eigenvalue weighted by Crippen LogP contribution is 2.14. The number of rotatable bonds is 7. The molecular formula is C14H20N4S. The Kier molecular flexibility index (Phi) is 5.42. The monoisotopic (exact) mass is 276 g/mol. The predicted molar refractivity (Wildman–Crippen MR) is 79.2 cm³/mol. The van der Waals surface area contributed by atoms with Crippen LogP contribution < -0.4 is 5.32 Å². The zero-order valence-corrected chi connectivity index (χ0v) is 12.2. The zero-order chi connectivity index (χ0) is 13.5. The summed E-state index contributed by atoms with van der Waals surface area (Å²) in [6.45, 7) is 3.94. The summed E-state index contributed by atoms with van der Waals surface area (Å²) in [4.78, 5) is 5.27. The van der Waals surface area contributed by atoms with E-state index < -0.39 is 0 Å². The summed E-state index contributed by atoms with van der Waals surface area (Å²) < 4.78 is 1.87. The number of hydrogen-bond donors (Lipinski definition) is 1. The molecule has 1 aromatic heterocycles. The molecule has 0 spiro atoms. The second-order valence-electron chi connectivity index (χ2n) is 4.45. The Labute approximate surface area is 118 Å². The molecule has 0 unspecified atom stereocenters. The predicted octanol–water partition coefficient (Wildman–Crippen LogP) is 2.57. The lowest BCUT2D eigenvalue weighted by molar-refractivity contribution is 0.414. The van der Waals surface area contributed by atoms with E-state index in [1.165, 1.54) is 10.5 Å². The minimum absolute atomic E-state index is 0.418. The summed E-state index contributed by atoms with van der Waals surface area (Å²) in [5.74, 6) is 0. The smallest absolute Gasteiger partial charge is 0.137 e. The van der Waals surface area contributed by atoms with Gasteiger partial charge in [-0.1, -0.05) is 19.1 Å². The van der Waals surface area contributed by atoms with Crippen LogP contribution in [0.15, 0.2) is 41.8 Å². The van der Waals surface area contributed by atoms with Crippen molar-refractivity contribution >= 4 is 11.8 Å². The standard InChI is InChI=1S/C14H20N4S/c1-3-13(9-18-11-15-10-17-18)16-8-12-4-6-14(19-2)7-5-12/h4-7,10-11,13,16H,3,8-9H2,1-2H3/t13-/m0/s1. The zero-order valence-electron chi connectivity index (χ0n) is 11.4. The first kappa shape index (κ1) is 14.1. The van der Waals surface area contributed by atoms with E-state index >= 15 is 0 Å². The van der Waals surface area contributed by atoms with E-state index in [2.05, 4.69) is 52.8 Å². The molecule has 5 heteroatoms. The Morgan fingerprint density at radius 1 is 1.32 bits per heavy atom. The Morgan fingerprint density at radius 2 is 2.11 bits per heavy atom. The van der Waals surface area contributed by atoms with Crippen molar-refractivity contribution in [2.24, 2.45) is 0 Å². The van der Waals surface area contributed by atoms with Crippen molar-refractivity contribution in [2.75, 3.05) is 6.26 Å². The van der Waals surface area contributed by atoms with Gasteiger partial charge in [-0.15, -0.1) is 11.8 Å². The number of nitrogens with zero attached hydrogens (tertiary/aromatic N) is 3. The van der Waals surface area contributed by atoms with Crippen molar-refractivity contribution in [3.8, 4) is 0 Å². The molecule has 0 bridgehead atoms. The van der Waals surface area contributed by atoms with Crippen LogP contribution in [0.2, 0.25) is 0 Å². The van der Waals surface area contributed by atoms with E-state index in [4.69, 9.17) is 0 Å². The molecule has 0 radical (unpaired) electrons. The molecule has 1 N–H and O–H groups in total. The van der Waals surface area contributed by atoms with Gasteiger partial charge in [0.25, 0.3) is 0 Å². The highest BCUT2D eigenvalue weighted by molar-refractivity contribution is 7.98. The largest absolute Gasteiger partial charge is 0.308 e. The maximum absolute atomic E-state index is 4.14. The van der Waals surface area contributed by atoms with E-state index in [0.29, 0.717) is 6.04 Å². The molecule has 4 nitrogen and oxygen atoms in total. The lowest BCUT2D eigenvalue weighted by Crippen LogP contribution is -2.32. The first-order valence-electron chi connectivity index (χ1n) is 6.50. The van der Waals surface area contributed by atoms with Crippen LogP contribution in [-0.2, 0) is 13.1 Å². The summed E-state index contributed by atoms with van der Waals surface area (Å²) in [5, 5.41) is 7.71. The van der Waals surface area contributed by atoms with E-state index in [9.17, 15) is 0 Å². The fraction of sp³-hybridized carbons (Fsp3) is 0.429. The highest BCUT2D eigenvalue weighted by Gasteiger charge is 2.07. The van der Waals surface area contributed by atoms with Crippen LogP contribution in [-0.4, -0.2) is 27.1 Å². The first-order valence-corrected chi connectivity index (χ1v) is 7.73. The van der Waals surface area contributed by atoms with Crippen LogP contribution in [0.5, 0.6) is 0 Å². The van der Waals surface area contributed by atoms with Gasteiger partial charge in [-0.2, -0.15) is 5.10 Å². The van der Waals surface area contributed by atoms with Crippen LogP contribution in [0.3, 0.4) is 0 Å². The Bertz CT molecular complexity index is 467. The molecule has 0 aliphatic rings. The van der Waals surface area contributed by atoms with Crippen molar-refractivity contribution in [3.63, 3.8) is 0 Å². The van der Waals surface area contributed by atoms with Gasteiger partial charge in [0.1, 0.15) is 12.7 Å². The van der Waals surface area contributed by atoms with Crippen molar-refractivity contribution in [1.29, 1.82) is 0 Å². The molecule has 0 amide bonds. The molecule has 1 heterocycles. The Morgan fingerprint density at radius 3 is 2.68 bits per heavy atom. The summed E-state index contributed by atoms with van der Waals surface area (Å²) in [5.41, 5.74) is 1.31. The highest BCUT2D eigenvalue weighted by atomic mass is 32.2. The van der Waals surface area contributed by atoms with Gasteiger partial charge in [-0.3, -0.25) is 4.68 Å². The van der Waals surface area contributed by atoms with Crippen LogP contribution in [0, 0.1) is 0 Å². The molecular weight excluding hydrogens is 256 g/mol. The summed E-state index contributed by atoms with van der Waals surface area (Å²) >= 11 is 1.77. The molecule has 0 aliphatic heterocycles. The van der Waals surface area contributed by atoms with Gasteiger partial charge in [0.05, 0.1) is 6.54 Å². The molecule has 2 aromatic rings. The van der Waals surface area contributed by atoms with Crippen LogP contribution in [0.25, 0.3) is 0 Å². The van der Waals surface area contributed by atoms with Gasteiger partial charge in [0.2, 0.25) is 0 Å². The maximum atomic E-state index is 4.14. The van der Waals surface area contributed by atoms with E-state index in [1.54, 1.807) is 24.4 Å². The molecule has 0 aliphatic carbocycles. The normalized spacial score (nSPS) is 12.5. The second-order valence-corrected chi connectivity index (χ2v) is 5.33. The summed E-state index contributed by atoms with van der Waals surface area (Å²) in [6, 6.07) is 9.12. The number of nitrogens with one attached hydrogen (secondary N) is 1. The van der Waals surface area contributed by atoms with E-state index in [-0.39, 0.29) is 0 Å². The van der Waals surface area contributed by atoms with Crippen molar-refractivity contribution < 1.29 is 0 Å². The number of benzene rings is 1. The molecule has 102 valence electrons. The number of thioether (sulfide) groups is 1. The fourth-order valence-electron chi connectivity index (χ4n) is 1.90. The van der Waals surface area contributed by atoms with Gasteiger partial charge in [-0.25, -0.2) is 4.98 Å². The molecule has 0 saturated carbocycles. The number of aromatic nitrogens is 3. The third-order valence-corrected chi connectivity index (χ3v) is 3.86. The molecule has 2 rings (SSSR count). The van der Waals surface area contributed by atoms with Crippen molar-refractivity contribution in [3.05, 3.63) is 42.5 Å². The quantitative estimate of drug-likeness (QED) is 0.789. The molecule has 1 aromatic carbocycles. The number of hydrogen-bond acceptors (Lipinski definition) is 4. The third-order valence-electron chi connectivity index (χ3n) is 3.12. The minimum atomic E-state index is 0.418. The van der Waals surface area contributed by atoms with Gasteiger partial charge >= 0.3 is 0 Å². The maximum Gasteiger partial charge on any atom is 0.137 e. The Balaban J connectivity index is 1.84. The average Bonchev–Trinajstić information content (AvgIpc) is 2.97. The fourth-order valence-corrected chi connectivity index (χ4v) is 2.30. The van der Waals surface area contributed by atoms with Crippen LogP contribution >= 0.6 is 11.8 Å². The van der Waals surface area contributed by atoms with Gasteiger partial charge < -0.3 is 5.32 Å². The van der Waals surface area contributed by atoms with E-state index in [0.717, 1.165) is 19.5 Å². The van der Waals surface area contributed by atoms with Crippen molar-refractivity contribution in [1.82, 2.24) is 20.1 Å². The topological polar surface area (TPSA) is 42.7 Å². The average molecular weight is 276 g/mol. The van der Waals surface area contributed by atoms with Gasteiger partial charge in [-0.05, 0) is 30.4 Å². The molecule has 19 heavy (non-hydrogen) atoms. The van der Waals surface area contributed by atoms with E-state index in [1.807, 2.05) is 4.68 Å². The Hall–Kier alpha value is -1.33. The molecule has 1 atom stereocenters. The minimum Gasteiger partial charge on any atom is -0.308 e. The van der Waals surface area contributed by atoms with Gasteiger partial charge in [0.15, 0.2) is 0 Å². The lowest BCUT2D eigenvalue weighted by atomic mass is 10.2. The molecule has 0 saturated heterocycles. The van der Waals surface area contributed by atoms with Crippen LogP contribution in [0.4, 0.5) is 0 Å². The summed E-state index contributed by atoms with van der Waals surface area (Å²) in [6.07, 6.45) is 6.51. The van der Waals surface area contributed by atoms with Crippen LogP contribution in [0.1, 0.15) is 18.9 Å². The van der Waals surface area contributed by atoms with Crippen molar-refractivity contribution in [2.45, 2.75) is 37.4 Å². The first-order chi connectivity index (χ1) is 9.31. The summed E-state index contributed by atoms with van der Waals surface area (Å²) in [7, 11) is 0. The lowest BCUT2D eigenvalue weighted by Gasteiger charge is -2.16. The SMILES string of the molecule is CC[C@@H](Cn1cncn1)NCc1ccc(SC)cc1. The van der Waals surface area contributed by atoms with Gasteiger partial charge in [0, 0.05) is 17.5 Å². The molecule has 0 fully saturated rings. The second kappa shape index (κ2) is 7.31.